The van der Waals surface area contributed by atoms with Crippen LogP contribution < -0.4 is 0 Å². The first-order chi connectivity index (χ1) is 4.36. The van der Waals surface area contributed by atoms with E-state index >= 15 is 0 Å². The zero-order valence-electron chi connectivity index (χ0n) is 4.92. The van der Waals surface area contributed by atoms with E-state index < -0.39 is 0 Å². The van der Waals surface area contributed by atoms with Gasteiger partial charge in [0.15, 0.2) is 0 Å². The molecule has 3 heteroatoms. The standard InChI is InChI=1S/C6H7BrN2/c7-6-4-8-2-1-3-9(8)5-6/h1-2,5H,3-4H2. The molecule has 0 aliphatic carbocycles. The summed E-state index contributed by atoms with van der Waals surface area (Å²) in [6, 6.07) is 0. The number of halogens is 1. The van der Waals surface area contributed by atoms with Crippen LogP contribution in [-0.4, -0.2) is 23.1 Å². The number of hydrogen-bond acceptors (Lipinski definition) is 2. The summed E-state index contributed by atoms with van der Waals surface area (Å²) in [4.78, 5) is 0. The molecule has 0 aromatic rings. The third kappa shape index (κ3) is 0.758. The Morgan fingerprint density at radius 1 is 1.44 bits per heavy atom. The summed E-state index contributed by atoms with van der Waals surface area (Å²) in [5.74, 6) is 0. The fraction of sp³-hybridized carbons (Fsp3) is 0.333. The van der Waals surface area contributed by atoms with Crippen molar-refractivity contribution < 1.29 is 0 Å². The minimum atomic E-state index is 0.997. The van der Waals surface area contributed by atoms with Crippen molar-refractivity contribution in [1.29, 1.82) is 0 Å². The second-order valence-electron chi connectivity index (χ2n) is 2.18. The first kappa shape index (κ1) is 5.35. The first-order valence-electron chi connectivity index (χ1n) is 2.92. The third-order valence-electron chi connectivity index (χ3n) is 1.50. The van der Waals surface area contributed by atoms with E-state index in [1.54, 1.807) is 0 Å². The lowest BCUT2D eigenvalue weighted by Gasteiger charge is -2.19. The Morgan fingerprint density at radius 3 is 3.11 bits per heavy atom. The summed E-state index contributed by atoms with van der Waals surface area (Å²) < 4.78 is 1.26. The molecule has 2 rings (SSSR count). The van der Waals surface area contributed by atoms with Crippen molar-refractivity contribution in [2.45, 2.75) is 0 Å². The number of fused-ring (bicyclic) bond motifs is 1. The van der Waals surface area contributed by atoms with Gasteiger partial charge < -0.3 is 0 Å². The highest BCUT2D eigenvalue weighted by molar-refractivity contribution is 9.11. The zero-order valence-corrected chi connectivity index (χ0v) is 6.50. The van der Waals surface area contributed by atoms with Crippen LogP contribution in [0.1, 0.15) is 0 Å². The number of rotatable bonds is 0. The molecular formula is C6H7BrN2. The van der Waals surface area contributed by atoms with Gasteiger partial charge in [0.05, 0.1) is 13.1 Å². The van der Waals surface area contributed by atoms with E-state index in [-0.39, 0.29) is 0 Å². The SMILES string of the molecule is BrC1=CN2CC=CN2C1. The Hall–Kier alpha value is -0.440. The molecule has 0 bridgehead atoms. The van der Waals surface area contributed by atoms with Gasteiger partial charge in [0, 0.05) is 16.9 Å². The predicted molar refractivity (Wildman–Crippen MR) is 39.6 cm³/mol. The molecular weight excluding hydrogens is 180 g/mol. The molecule has 0 fully saturated rings. The van der Waals surface area contributed by atoms with Crippen molar-refractivity contribution in [3.63, 3.8) is 0 Å². The molecule has 0 aromatic carbocycles. The van der Waals surface area contributed by atoms with Crippen molar-refractivity contribution >= 4 is 15.9 Å². The van der Waals surface area contributed by atoms with Gasteiger partial charge in [-0.05, 0) is 6.08 Å². The molecule has 0 radical (unpaired) electrons. The van der Waals surface area contributed by atoms with Gasteiger partial charge in [-0.15, -0.1) is 0 Å². The van der Waals surface area contributed by atoms with Gasteiger partial charge in [-0.2, -0.15) is 0 Å². The van der Waals surface area contributed by atoms with Crippen LogP contribution in [0.3, 0.4) is 0 Å². The van der Waals surface area contributed by atoms with Gasteiger partial charge in [-0.3, -0.25) is 10.0 Å². The summed E-state index contributed by atoms with van der Waals surface area (Å²) in [6.07, 6.45) is 6.36. The van der Waals surface area contributed by atoms with Crippen molar-refractivity contribution in [3.8, 4) is 0 Å². The van der Waals surface area contributed by atoms with Crippen molar-refractivity contribution in [2.75, 3.05) is 13.1 Å². The van der Waals surface area contributed by atoms with E-state index in [0.29, 0.717) is 0 Å². The molecule has 0 saturated heterocycles. The molecule has 0 amide bonds. The van der Waals surface area contributed by atoms with Crippen LogP contribution in [0.4, 0.5) is 0 Å². The van der Waals surface area contributed by atoms with Crippen LogP contribution in [0.5, 0.6) is 0 Å². The molecule has 0 aromatic heterocycles. The molecule has 48 valence electrons. The van der Waals surface area contributed by atoms with E-state index in [2.05, 4.69) is 44.4 Å². The lowest BCUT2D eigenvalue weighted by molar-refractivity contribution is 0.148. The quantitative estimate of drug-likeness (QED) is 0.563. The van der Waals surface area contributed by atoms with E-state index in [0.717, 1.165) is 13.1 Å². The van der Waals surface area contributed by atoms with E-state index in [1.807, 2.05) is 0 Å². The monoisotopic (exact) mass is 186 g/mol. The highest BCUT2D eigenvalue weighted by Crippen LogP contribution is 2.22. The van der Waals surface area contributed by atoms with Crippen LogP contribution in [-0.2, 0) is 0 Å². The number of hydrogen-bond donors (Lipinski definition) is 0. The predicted octanol–water partition coefficient (Wildman–Crippen LogP) is 1.28. The second-order valence-corrected chi connectivity index (χ2v) is 3.20. The fourth-order valence-corrected chi connectivity index (χ4v) is 1.59. The maximum atomic E-state index is 3.44. The molecule has 2 aliphatic heterocycles. The summed E-state index contributed by atoms with van der Waals surface area (Å²) >= 11 is 3.44. The third-order valence-corrected chi connectivity index (χ3v) is 1.96. The summed E-state index contributed by atoms with van der Waals surface area (Å²) in [5.41, 5.74) is 0. The Balaban J connectivity index is 2.19. The zero-order chi connectivity index (χ0) is 6.27. The Kier molecular flexibility index (Phi) is 1.05. The van der Waals surface area contributed by atoms with Crippen LogP contribution in [0.25, 0.3) is 0 Å². The van der Waals surface area contributed by atoms with Crippen LogP contribution in [0.15, 0.2) is 23.0 Å². The summed E-state index contributed by atoms with van der Waals surface area (Å²) in [6.45, 7) is 2.02. The minimum Gasteiger partial charge on any atom is -0.288 e. The minimum absolute atomic E-state index is 0.997. The van der Waals surface area contributed by atoms with Crippen molar-refractivity contribution in [1.82, 2.24) is 10.0 Å². The molecule has 0 saturated carbocycles. The van der Waals surface area contributed by atoms with Gasteiger partial charge in [-0.1, -0.05) is 15.9 Å². The Bertz CT molecular complexity index is 185. The van der Waals surface area contributed by atoms with E-state index in [4.69, 9.17) is 0 Å². The lowest BCUT2D eigenvalue weighted by atomic mass is 10.5. The highest BCUT2D eigenvalue weighted by Gasteiger charge is 2.19. The van der Waals surface area contributed by atoms with Gasteiger partial charge in [0.2, 0.25) is 0 Å². The Morgan fingerprint density at radius 2 is 2.33 bits per heavy atom. The molecule has 0 spiro atoms. The molecule has 2 heterocycles. The molecule has 2 aliphatic rings. The Labute approximate surface area is 62.5 Å². The molecule has 0 atom stereocenters. The van der Waals surface area contributed by atoms with Crippen molar-refractivity contribution in [2.24, 2.45) is 0 Å². The maximum absolute atomic E-state index is 3.44. The van der Waals surface area contributed by atoms with E-state index in [9.17, 15) is 0 Å². The van der Waals surface area contributed by atoms with Gasteiger partial charge in [-0.25, -0.2) is 0 Å². The number of hydrazine groups is 1. The average molecular weight is 187 g/mol. The topological polar surface area (TPSA) is 6.48 Å². The van der Waals surface area contributed by atoms with Crippen LogP contribution >= 0.6 is 15.9 Å². The van der Waals surface area contributed by atoms with Gasteiger partial charge in [0.25, 0.3) is 0 Å². The molecule has 0 N–H and O–H groups in total. The number of nitrogens with zero attached hydrogens (tertiary/aromatic N) is 2. The van der Waals surface area contributed by atoms with Gasteiger partial charge in [0.1, 0.15) is 0 Å². The molecule has 0 unspecified atom stereocenters. The highest BCUT2D eigenvalue weighted by atomic mass is 79.9. The first-order valence-corrected chi connectivity index (χ1v) is 3.71. The lowest BCUT2D eigenvalue weighted by Crippen LogP contribution is -2.25. The summed E-state index contributed by atoms with van der Waals surface area (Å²) in [5, 5.41) is 4.34. The largest absolute Gasteiger partial charge is 0.288 e. The smallest absolute Gasteiger partial charge is 0.0720 e. The summed E-state index contributed by atoms with van der Waals surface area (Å²) in [7, 11) is 0. The molecule has 9 heavy (non-hydrogen) atoms. The van der Waals surface area contributed by atoms with Crippen molar-refractivity contribution in [3.05, 3.63) is 23.0 Å². The fourth-order valence-electron chi connectivity index (χ4n) is 1.09. The second kappa shape index (κ2) is 1.77. The maximum Gasteiger partial charge on any atom is 0.0720 e. The van der Waals surface area contributed by atoms with Crippen LogP contribution in [0.2, 0.25) is 0 Å². The average Bonchev–Trinajstić information content (AvgIpc) is 2.22. The van der Waals surface area contributed by atoms with E-state index in [1.165, 1.54) is 4.48 Å². The molecule has 2 nitrogen and oxygen atoms in total. The van der Waals surface area contributed by atoms with Crippen LogP contribution in [0, 0.1) is 0 Å². The normalized spacial score (nSPS) is 23.0. The van der Waals surface area contributed by atoms with Gasteiger partial charge >= 0.3 is 0 Å².